The number of allylic oxidation sites excluding steroid dienone is 1. The number of thioether (sulfide) groups is 1. The third-order valence-electron chi connectivity index (χ3n) is 5.45. The van der Waals surface area contributed by atoms with Crippen LogP contribution in [-0.2, 0) is 16.1 Å². The molecule has 178 valence electrons. The Bertz CT molecular complexity index is 1150. The summed E-state index contributed by atoms with van der Waals surface area (Å²) >= 11 is 1.59. The molecule has 1 N–H and O–H groups in total. The number of hydrogen-bond acceptors (Lipinski definition) is 5. The molecule has 2 aromatic carbocycles. The van der Waals surface area contributed by atoms with Gasteiger partial charge in [0.15, 0.2) is 0 Å². The van der Waals surface area contributed by atoms with Crippen LogP contribution in [-0.4, -0.2) is 46.1 Å². The summed E-state index contributed by atoms with van der Waals surface area (Å²) in [6.45, 7) is 2.20. The van der Waals surface area contributed by atoms with Crippen molar-refractivity contribution in [3.05, 3.63) is 89.8 Å². The molecule has 3 aromatic rings. The first-order valence-electron chi connectivity index (χ1n) is 10.8. The van der Waals surface area contributed by atoms with E-state index in [2.05, 4.69) is 10.3 Å². The van der Waals surface area contributed by atoms with Gasteiger partial charge in [0, 0.05) is 24.5 Å². The Labute approximate surface area is 203 Å². The van der Waals surface area contributed by atoms with Crippen LogP contribution in [0.2, 0.25) is 0 Å². The van der Waals surface area contributed by atoms with Gasteiger partial charge in [-0.05, 0) is 72.4 Å². The fourth-order valence-electron chi connectivity index (χ4n) is 3.50. The van der Waals surface area contributed by atoms with E-state index in [0.29, 0.717) is 24.3 Å². The monoisotopic (exact) mass is 481 g/mol. The van der Waals surface area contributed by atoms with Crippen molar-refractivity contribution in [3.63, 3.8) is 0 Å². The lowest BCUT2D eigenvalue weighted by Gasteiger charge is -2.27. The van der Waals surface area contributed by atoms with Crippen LogP contribution in [0.4, 0.5) is 4.39 Å². The van der Waals surface area contributed by atoms with Gasteiger partial charge >= 0.3 is 5.97 Å². The van der Waals surface area contributed by atoms with Gasteiger partial charge in [-0.2, -0.15) is 11.8 Å². The number of hydrogen-bond donors (Lipinski definition) is 1. The second-order valence-electron chi connectivity index (χ2n) is 8.06. The number of halogens is 1. The van der Waals surface area contributed by atoms with E-state index in [0.717, 1.165) is 16.7 Å². The molecule has 1 aromatic heterocycles. The summed E-state index contributed by atoms with van der Waals surface area (Å²) in [4.78, 5) is 29.5. The molecule has 1 heterocycles. The molecule has 0 fully saturated rings. The standard InChI is InChI=1S/C26H28FN3O3S/c1-26(11-14-34-3,25(32)33-2)29-24(31)21-6-4-5-19(15-21)16-22(17-30-13-12-28-18-30)20-7-9-23(27)10-8-20/h4-10,12-13,15-16,18H,11,14,17H2,1-3H3,(H,29,31)/b22-16+. The molecule has 0 radical (unpaired) electrons. The minimum absolute atomic E-state index is 0.306. The summed E-state index contributed by atoms with van der Waals surface area (Å²) < 4.78 is 20.3. The van der Waals surface area contributed by atoms with Crippen molar-refractivity contribution >= 4 is 35.3 Å². The number of nitrogens with one attached hydrogen (secondary N) is 1. The van der Waals surface area contributed by atoms with Crippen LogP contribution in [0.15, 0.2) is 67.3 Å². The number of rotatable bonds is 10. The number of imidazole rings is 1. The van der Waals surface area contributed by atoms with Gasteiger partial charge in [0.1, 0.15) is 11.4 Å². The van der Waals surface area contributed by atoms with Gasteiger partial charge in [-0.25, -0.2) is 14.2 Å². The summed E-state index contributed by atoms with van der Waals surface area (Å²) in [5.74, 6) is -0.448. The number of amides is 1. The molecule has 1 amide bonds. The highest BCUT2D eigenvalue weighted by molar-refractivity contribution is 7.98. The summed E-state index contributed by atoms with van der Waals surface area (Å²) in [5.41, 5.74) is 1.89. The Morgan fingerprint density at radius 3 is 2.62 bits per heavy atom. The first-order valence-corrected chi connectivity index (χ1v) is 12.2. The molecule has 0 aliphatic heterocycles. The highest BCUT2D eigenvalue weighted by Gasteiger charge is 2.35. The molecule has 6 nitrogen and oxygen atoms in total. The van der Waals surface area contributed by atoms with Gasteiger partial charge in [0.2, 0.25) is 0 Å². The van der Waals surface area contributed by atoms with Gasteiger partial charge in [0.05, 0.1) is 13.4 Å². The molecule has 0 bridgehead atoms. The predicted molar refractivity (Wildman–Crippen MR) is 134 cm³/mol. The minimum atomic E-state index is -1.12. The fourth-order valence-corrected chi connectivity index (χ4v) is 4.11. The molecule has 0 aliphatic rings. The van der Waals surface area contributed by atoms with Crippen LogP contribution in [0.25, 0.3) is 11.6 Å². The quantitative estimate of drug-likeness (QED) is 0.336. The van der Waals surface area contributed by atoms with Gasteiger partial charge in [0.25, 0.3) is 5.91 Å². The highest BCUT2D eigenvalue weighted by Crippen LogP contribution is 2.22. The number of aromatic nitrogens is 2. The van der Waals surface area contributed by atoms with Crippen LogP contribution in [0.1, 0.15) is 34.8 Å². The number of nitrogens with zero attached hydrogens (tertiary/aromatic N) is 2. The first-order chi connectivity index (χ1) is 16.3. The van der Waals surface area contributed by atoms with Crippen molar-refractivity contribution in [1.29, 1.82) is 0 Å². The van der Waals surface area contributed by atoms with Crippen molar-refractivity contribution in [2.24, 2.45) is 0 Å². The molecule has 0 spiro atoms. The van der Waals surface area contributed by atoms with Gasteiger partial charge in [-0.1, -0.05) is 24.3 Å². The van der Waals surface area contributed by atoms with E-state index in [-0.39, 0.29) is 11.7 Å². The lowest BCUT2D eigenvalue weighted by Crippen LogP contribution is -2.53. The maximum atomic E-state index is 13.5. The van der Waals surface area contributed by atoms with Crippen molar-refractivity contribution in [2.75, 3.05) is 19.1 Å². The Balaban J connectivity index is 1.90. The SMILES string of the molecule is COC(=O)C(C)(CCSC)NC(=O)c1cccc(/C=C(\Cn2ccnc2)c2ccc(F)cc2)c1. The van der Waals surface area contributed by atoms with Crippen molar-refractivity contribution < 1.29 is 18.7 Å². The zero-order chi connectivity index (χ0) is 24.6. The molecule has 8 heteroatoms. The average molecular weight is 482 g/mol. The topological polar surface area (TPSA) is 73.2 Å². The van der Waals surface area contributed by atoms with Gasteiger partial charge < -0.3 is 14.6 Å². The molecule has 0 saturated heterocycles. The van der Waals surface area contributed by atoms with E-state index in [4.69, 9.17) is 4.74 Å². The fraction of sp³-hybridized carbons (Fsp3) is 0.269. The summed E-state index contributed by atoms with van der Waals surface area (Å²) in [6, 6.07) is 13.4. The van der Waals surface area contributed by atoms with E-state index in [1.807, 2.05) is 29.2 Å². The minimum Gasteiger partial charge on any atom is -0.467 e. The Hall–Kier alpha value is -3.39. The molecule has 1 atom stereocenters. The molecular formula is C26H28FN3O3S. The molecule has 34 heavy (non-hydrogen) atoms. The molecule has 3 rings (SSSR count). The highest BCUT2D eigenvalue weighted by atomic mass is 32.2. The zero-order valence-corrected chi connectivity index (χ0v) is 20.3. The summed E-state index contributed by atoms with van der Waals surface area (Å²) in [6.07, 6.45) is 9.61. The van der Waals surface area contributed by atoms with E-state index < -0.39 is 11.5 Å². The van der Waals surface area contributed by atoms with Crippen LogP contribution >= 0.6 is 11.8 Å². The molecule has 1 unspecified atom stereocenters. The van der Waals surface area contributed by atoms with Crippen molar-refractivity contribution in [1.82, 2.24) is 14.9 Å². The second-order valence-corrected chi connectivity index (χ2v) is 9.04. The Morgan fingerprint density at radius 2 is 1.97 bits per heavy atom. The van der Waals surface area contributed by atoms with Crippen LogP contribution in [0, 0.1) is 5.82 Å². The van der Waals surface area contributed by atoms with E-state index in [1.165, 1.54) is 19.2 Å². The normalized spacial score (nSPS) is 13.2. The van der Waals surface area contributed by atoms with Gasteiger partial charge in [-0.15, -0.1) is 0 Å². The maximum absolute atomic E-state index is 13.5. The van der Waals surface area contributed by atoms with Crippen LogP contribution < -0.4 is 5.32 Å². The van der Waals surface area contributed by atoms with Gasteiger partial charge in [-0.3, -0.25) is 4.79 Å². The number of esters is 1. The molecule has 0 aliphatic carbocycles. The van der Waals surface area contributed by atoms with Crippen LogP contribution in [0.5, 0.6) is 0 Å². The zero-order valence-electron chi connectivity index (χ0n) is 19.5. The summed E-state index contributed by atoms with van der Waals surface area (Å²) in [5, 5.41) is 2.85. The first kappa shape index (κ1) is 25.2. The number of carbonyl (C=O) groups excluding carboxylic acids is 2. The summed E-state index contributed by atoms with van der Waals surface area (Å²) in [7, 11) is 1.31. The lowest BCUT2D eigenvalue weighted by molar-refractivity contribution is -0.147. The third-order valence-corrected chi connectivity index (χ3v) is 6.06. The molecule has 0 saturated carbocycles. The lowest BCUT2D eigenvalue weighted by atomic mass is 9.97. The van der Waals surface area contributed by atoms with E-state index in [1.54, 1.807) is 61.5 Å². The third kappa shape index (κ3) is 6.57. The van der Waals surface area contributed by atoms with Crippen molar-refractivity contribution in [2.45, 2.75) is 25.4 Å². The van der Waals surface area contributed by atoms with Crippen LogP contribution in [0.3, 0.4) is 0 Å². The second kappa shape index (κ2) is 11.7. The van der Waals surface area contributed by atoms with E-state index >= 15 is 0 Å². The Morgan fingerprint density at radius 1 is 1.21 bits per heavy atom. The Kier molecular flexibility index (Phi) is 8.65. The number of benzene rings is 2. The van der Waals surface area contributed by atoms with E-state index in [9.17, 15) is 14.0 Å². The maximum Gasteiger partial charge on any atom is 0.331 e. The van der Waals surface area contributed by atoms with Crippen molar-refractivity contribution in [3.8, 4) is 0 Å². The smallest absolute Gasteiger partial charge is 0.331 e. The predicted octanol–water partition coefficient (Wildman–Crippen LogP) is 4.68. The number of carbonyl (C=O) groups is 2. The molecular weight excluding hydrogens is 453 g/mol. The number of methoxy groups -OCH3 is 1. The largest absolute Gasteiger partial charge is 0.467 e. The number of ether oxygens (including phenoxy) is 1. The average Bonchev–Trinajstić information content (AvgIpc) is 3.35.